The maximum atomic E-state index is 13.2. The van der Waals surface area contributed by atoms with E-state index in [9.17, 15) is 4.79 Å². The maximum absolute atomic E-state index is 13.2. The molecule has 1 atom stereocenters. The number of hydrogen-bond acceptors (Lipinski definition) is 3. The fourth-order valence-electron chi connectivity index (χ4n) is 3.56. The summed E-state index contributed by atoms with van der Waals surface area (Å²) in [6.45, 7) is 1.17. The average Bonchev–Trinajstić information content (AvgIpc) is 3.23. The summed E-state index contributed by atoms with van der Waals surface area (Å²) in [5.74, 6) is 1.04. The van der Waals surface area contributed by atoms with Crippen LogP contribution in [-0.4, -0.2) is 33.1 Å². The lowest BCUT2D eigenvalue weighted by atomic mass is 10.2. The van der Waals surface area contributed by atoms with Gasteiger partial charge in [0.25, 0.3) is 5.91 Å². The van der Waals surface area contributed by atoms with E-state index in [1.165, 1.54) is 4.90 Å². The Morgan fingerprint density at radius 1 is 1.04 bits per heavy atom. The molecule has 3 aromatic rings. The zero-order valence-corrected chi connectivity index (χ0v) is 16.9. The van der Waals surface area contributed by atoms with Gasteiger partial charge >= 0.3 is 0 Å². The van der Waals surface area contributed by atoms with Gasteiger partial charge in [-0.3, -0.25) is 9.69 Å². The summed E-state index contributed by atoms with van der Waals surface area (Å²) in [5, 5.41) is 2.08. The Bertz CT molecular complexity index is 910. The van der Waals surface area contributed by atoms with Gasteiger partial charge in [0.2, 0.25) is 0 Å². The molecular formula is C22H25N3O2S+2. The van der Waals surface area contributed by atoms with Crippen LogP contribution in [-0.2, 0) is 4.79 Å². The minimum atomic E-state index is 0.0900. The SMILES string of the molecule is C[NH+](C)[C@H](C[NH2+]CC(=O)N1c2ccccc2Sc2ccccc21)c1ccco1. The number of benzene rings is 2. The monoisotopic (exact) mass is 395 g/mol. The first-order valence-electron chi connectivity index (χ1n) is 9.49. The molecule has 1 aliphatic heterocycles. The lowest BCUT2D eigenvalue weighted by Gasteiger charge is -2.30. The van der Waals surface area contributed by atoms with E-state index in [4.69, 9.17) is 4.42 Å². The number of carbonyl (C=O) groups excluding carboxylic acids is 1. The minimum Gasteiger partial charge on any atom is -0.463 e. The van der Waals surface area contributed by atoms with Crippen LogP contribution in [0.1, 0.15) is 11.8 Å². The van der Waals surface area contributed by atoms with Crippen molar-refractivity contribution in [1.82, 2.24) is 0 Å². The number of rotatable bonds is 6. The highest BCUT2D eigenvalue weighted by Gasteiger charge is 2.29. The number of furan rings is 1. The number of likely N-dealkylation sites (N-methyl/N-ethyl adjacent to an activating group) is 1. The molecule has 28 heavy (non-hydrogen) atoms. The van der Waals surface area contributed by atoms with Crippen LogP contribution in [0.3, 0.4) is 0 Å². The highest BCUT2D eigenvalue weighted by atomic mass is 32.2. The van der Waals surface area contributed by atoms with Crippen LogP contribution in [0.5, 0.6) is 0 Å². The number of hydrogen-bond donors (Lipinski definition) is 2. The predicted octanol–water partition coefficient (Wildman–Crippen LogP) is 1.86. The summed E-state index contributed by atoms with van der Waals surface area (Å²) in [4.78, 5) is 18.6. The van der Waals surface area contributed by atoms with Gasteiger partial charge in [-0.15, -0.1) is 0 Å². The normalized spacial score (nSPS) is 13.9. The van der Waals surface area contributed by atoms with Gasteiger partial charge in [0, 0.05) is 9.79 Å². The molecule has 5 nitrogen and oxygen atoms in total. The van der Waals surface area contributed by atoms with Gasteiger partial charge in [0.1, 0.15) is 6.54 Å². The molecule has 0 saturated heterocycles. The Hall–Kier alpha value is -2.54. The first-order chi connectivity index (χ1) is 13.6. The van der Waals surface area contributed by atoms with Crippen LogP contribution >= 0.6 is 11.8 Å². The van der Waals surface area contributed by atoms with Crippen molar-refractivity contribution in [2.45, 2.75) is 15.8 Å². The summed E-state index contributed by atoms with van der Waals surface area (Å²) in [6, 6.07) is 20.3. The topological polar surface area (TPSA) is 54.5 Å². The van der Waals surface area contributed by atoms with Crippen molar-refractivity contribution in [3.05, 3.63) is 72.7 Å². The number of nitrogens with zero attached hydrogens (tertiary/aromatic N) is 1. The molecule has 2 aromatic carbocycles. The van der Waals surface area contributed by atoms with Crippen molar-refractivity contribution < 1.29 is 19.4 Å². The highest BCUT2D eigenvalue weighted by molar-refractivity contribution is 7.99. The van der Waals surface area contributed by atoms with Crippen LogP contribution in [0.4, 0.5) is 11.4 Å². The van der Waals surface area contributed by atoms with Crippen molar-refractivity contribution in [2.75, 3.05) is 32.1 Å². The molecule has 3 N–H and O–H groups in total. The lowest BCUT2D eigenvalue weighted by molar-refractivity contribution is -0.909. The molecule has 0 fully saturated rings. The maximum Gasteiger partial charge on any atom is 0.286 e. The zero-order valence-electron chi connectivity index (χ0n) is 16.1. The van der Waals surface area contributed by atoms with Crippen LogP contribution < -0.4 is 15.1 Å². The molecule has 0 radical (unpaired) electrons. The quantitative estimate of drug-likeness (QED) is 0.670. The fourth-order valence-corrected chi connectivity index (χ4v) is 4.62. The molecule has 0 aliphatic carbocycles. The third-order valence-corrected chi connectivity index (χ3v) is 6.12. The molecule has 4 rings (SSSR count). The standard InChI is InChI=1S/C22H23N3O2S/c1-24(2)18(19-10-7-13-27-19)14-23-15-22(26)25-16-8-3-5-11-20(16)28-21-12-6-4-9-17(21)25/h3-13,18,23H,14-15H2,1-2H3/p+2/t18-/m1/s1. The molecule has 144 valence electrons. The Labute approximate surface area is 169 Å². The second-order valence-corrected chi connectivity index (χ2v) is 8.22. The van der Waals surface area contributed by atoms with Gasteiger partial charge in [-0.05, 0) is 36.4 Å². The molecule has 2 heterocycles. The van der Waals surface area contributed by atoms with Gasteiger partial charge in [-0.2, -0.15) is 0 Å². The summed E-state index contributed by atoms with van der Waals surface area (Å²) >= 11 is 1.71. The molecule has 1 amide bonds. The van der Waals surface area contributed by atoms with Crippen LogP contribution in [0.2, 0.25) is 0 Å². The van der Waals surface area contributed by atoms with E-state index in [1.54, 1.807) is 18.0 Å². The number of nitrogens with one attached hydrogen (secondary N) is 1. The lowest BCUT2D eigenvalue weighted by Crippen LogP contribution is -3.09. The zero-order chi connectivity index (χ0) is 19.5. The van der Waals surface area contributed by atoms with Gasteiger partial charge in [0.15, 0.2) is 18.3 Å². The molecular weight excluding hydrogens is 370 g/mol. The van der Waals surface area contributed by atoms with E-state index < -0.39 is 0 Å². The third-order valence-electron chi connectivity index (χ3n) is 4.99. The fraction of sp³-hybridized carbons (Fsp3) is 0.227. The number of anilines is 2. The molecule has 0 spiro atoms. The molecule has 6 heteroatoms. The first kappa shape index (κ1) is 18.8. The Balaban J connectivity index is 1.51. The van der Waals surface area contributed by atoms with Gasteiger partial charge in [-0.1, -0.05) is 36.0 Å². The van der Waals surface area contributed by atoms with Crippen molar-refractivity contribution in [2.24, 2.45) is 0 Å². The highest BCUT2D eigenvalue weighted by Crippen LogP contribution is 2.47. The molecule has 0 bridgehead atoms. The Morgan fingerprint density at radius 3 is 2.25 bits per heavy atom. The number of quaternary nitrogens is 2. The second-order valence-electron chi connectivity index (χ2n) is 7.14. The van der Waals surface area contributed by atoms with E-state index in [-0.39, 0.29) is 11.9 Å². The third kappa shape index (κ3) is 3.71. The number of carbonyl (C=O) groups is 1. The van der Waals surface area contributed by atoms with Crippen molar-refractivity contribution in [3.63, 3.8) is 0 Å². The smallest absolute Gasteiger partial charge is 0.286 e. The largest absolute Gasteiger partial charge is 0.463 e. The Morgan fingerprint density at radius 2 is 1.68 bits per heavy atom. The summed E-state index contributed by atoms with van der Waals surface area (Å²) in [5.41, 5.74) is 1.93. The van der Waals surface area contributed by atoms with Crippen molar-refractivity contribution in [1.29, 1.82) is 0 Å². The number of nitrogens with two attached hydrogens (primary N) is 1. The first-order valence-corrected chi connectivity index (χ1v) is 10.3. The second kappa shape index (κ2) is 8.22. The summed E-state index contributed by atoms with van der Waals surface area (Å²) in [7, 11) is 4.22. The molecule has 1 aliphatic rings. The van der Waals surface area contributed by atoms with E-state index >= 15 is 0 Å². The molecule has 0 unspecified atom stereocenters. The molecule has 1 aromatic heterocycles. The van der Waals surface area contributed by atoms with Gasteiger partial charge in [-0.25, -0.2) is 0 Å². The number of amides is 1. The van der Waals surface area contributed by atoms with E-state index in [1.807, 2.05) is 53.4 Å². The van der Waals surface area contributed by atoms with E-state index in [0.717, 1.165) is 33.5 Å². The van der Waals surface area contributed by atoms with Crippen molar-refractivity contribution >= 4 is 29.0 Å². The summed E-state index contributed by atoms with van der Waals surface area (Å²) in [6.07, 6.45) is 1.70. The van der Waals surface area contributed by atoms with Crippen LogP contribution in [0, 0.1) is 0 Å². The number of para-hydroxylation sites is 2. The van der Waals surface area contributed by atoms with Gasteiger partial charge < -0.3 is 14.6 Å². The predicted molar refractivity (Wildman–Crippen MR) is 110 cm³/mol. The average molecular weight is 396 g/mol. The van der Waals surface area contributed by atoms with E-state index in [0.29, 0.717) is 6.54 Å². The van der Waals surface area contributed by atoms with Crippen molar-refractivity contribution in [3.8, 4) is 0 Å². The van der Waals surface area contributed by atoms with E-state index in [2.05, 4.69) is 31.5 Å². The minimum absolute atomic E-state index is 0.0900. The number of fused-ring (bicyclic) bond motifs is 2. The van der Waals surface area contributed by atoms with Crippen LogP contribution in [0.25, 0.3) is 0 Å². The van der Waals surface area contributed by atoms with Gasteiger partial charge in [0.05, 0.1) is 31.7 Å². The summed E-state index contributed by atoms with van der Waals surface area (Å²) < 4.78 is 5.58. The van der Waals surface area contributed by atoms with Crippen LogP contribution in [0.15, 0.2) is 81.1 Å². The molecule has 0 saturated carbocycles. The Kier molecular flexibility index (Phi) is 5.52.